The highest BCUT2D eigenvalue weighted by Gasteiger charge is 2.58. The first-order valence-corrected chi connectivity index (χ1v) is 15.3. The Morgan fingerprint density at radius 2 is 1.61 bits per heavy atom. The maximum Gasteiger partial charge on any atom is 0.211 e. The minimum atomic E-state index is -3.14. The van der Waals surface area contributed by atoms with Crippen molar-refractivity contribution in [2.75, 3.05) is 39.0 Å². The van der Waals surface area contributed by atoms with Crippen LogP contribution >= 0.6 is 0 Å². The van der Waals surface area contributed by atoms with Gasteiger partial charge in [-0.2, -0.15) is 4.31 Å². The highest BCUT2D eigenvalue weighted by atomic mass is 32.2. The number of ketones is 1. The molecule has 1 heterocycles. The van der Waals surface area contributed by atoms with Crippen LogP contribution in [-0.2, 0) is 14.8 Å². The van der Waals surface area contributed by atoms with Gasteiger partial charge in [-0.15, -0.1) is 0 Å². The van der Waals surface area contributed by atoms with E-state index in [-0.39, 0.29) is 11.3 Å². The van der Waals surface area contributed by atoms with Crippen molar-refractivity contribution in [2.24, 2.45) is 40.9 Å². The maximum absolute atomic E-state index is 13.5. The third-order valence-corrected chi connectivity index (χ3v) is 12.1. The summed E-state index contributed by atoms with van der Waals surface area (Å²) < 4.78 is 25.1. The fourth-order valence-corrected chi connectivity index (χ4v) is 9.99. The van der Waals surface area contributed by atoms with E-state index >= 15 is 0 Å². The molecule has 1 aliphatic heterocycles. The lowest BCUT2D eigenvalue weighted by molar-refractivity contribution is -0.133. The van der Waals surface area contributed by atoms with E-state index in [2.05, 4.69) is 11.8 Å². The molecule has 5 fully saturated rings. The molecular weight excluding hydrogens is 436 g/mol. The molecule has 0 radical (unpaired) electrons. The number of carbonyl (C=O) groups excluding carboxylic acids is 1. The normalized spacial score (nSPS) is 46.9. The van der Waals surface area contributed by atoms with Crippen molar-refractivity contribution in [2.45, 2.75) is 77.2 Å². The van der Waals surface area contributed by atoms with Gasteiger partial charge in [0.15, 0.2) is 0 Å². The molecular formula is C26H44N2O4S. The smallest absolute Gasteiger partial charge is 0.211 e. The van der Waals surface area contributed by atoms with E-state index < -0.39 is 15.6 Å². The molecule has 5 rings (SSSR count). The standard InChI is InChI=1S/C26H44N2O4S/c1-25(30)10-8-19-18(16-25)4-5-21-20(19)9-11-26(2)22(21)6-7-23(26)24(29)17-27-12-14-28(15-13-27)33(3,31)32/h18-23,30H,4-17H2,1-3H3/t18-,19-,20+,21+,22-,23+,25+,26-/m0/s1. The van der Waals surface area contributed by atoms with Crippen LogP contribution in [-0.4, -0.2) is 73.1 Å². The van der Waals surface area contributed by atoms with Crippen LogP contribution in [0, 0.1) is 40.9 Å². The molecule has 188 valence electrons. The minimum absolute atomic E-state index is 0.139. The van der Waals surface area contributed by atoms with Crippen molar-refractivity contribution in [3.8, 4) is 0 Å². The van der Waals surface area contributed by atoms with Crippen LogP contribution in [0.5, 0.6) is 0 Å². The topological polar surface area (TPSA) is 77.9 Å². The second kappa shape index (κ2) is 8.56. The van der Waals surface area contributed by atoms with E-state index in [1.165, 1.54) is 49.1 Å². The summed E-state index contributed by atoms with van der Waals surface area (Å²) in [5.41, 5.74) is -0.325. The summed E-state index contributed by atoms with van der Waals surface area (Å²) in [6.45, 7) is 7.24. The first kappa shape index (κ1) is 24.2. The Bertz CT molecular complexity index is 866. The van der Waals surface area contributed by atoms with Crippen LogP contribution in [0.15, 0.2) is 0 Å². The summed E-state index contributed by atoms with van der Waals surface area (Å²) in [5.74, 6) is 4.30. The van der Waals surface area contributed by atoms with Gasteiger partial charge >= 0.3 is 0 Å². The third-order valence-electron chi connectivity index (χ3n) is 10.8. The van der Waals surface area contributed by atoms with Gasteiger partial charge in [0.05, 0.1) is 18.4 Å². The fourth-order valence-electron chi connectivity index (χ4n) is 9.16. The summed E-state index contributed by atoms with van der Waals surface area (Å²) in [6, 6.07) is 0. The summed E-state index contributed by atoms with van der Waals surface area (Å²) in [6.07, 6.45) is 11.6. The van der Waals surface area contributed by atoms with Crippen molar-refractivity contribution < 1.29 is 18.3 Å². The molecule has 4 saturated carbocycles. The van der Waals surface area contributed by atoms with E-state index in [1.54, 1.807) is 0 Å². The van der Waals surface area contributed by atoms with Gasteiger partial charge in [-0.3, -0.25) is 9.69 Å². The SMILES string of the molecule is C[C@@]1(O)CC[C@H]2[C@@H](CC[C@@H]3[C@@H]2CC[C@]2(C)[C@@H](C(=O)CN4CCN(S(C)(=O)=O)CC4)CC[C@@H]32)C1. The number of hydrogen-bond acceptors (Lipinski definition) is 5. The second-order valence-corrected chi connectivity index (χ2v) is 14.7. The van der Waals surface area contributed by atoms with Gasteiger partial charge in [0.2, 0.25) is 10.0 Å². The van der Waals surface area contributed by atoms with Crippen LogP contribution in [0.25, 0.3) is 0 Å². The van der Waals surface area contributed by atoms with E-state index in [0.717, 1.165) is 37.0 Å². The number of sulfonamides is 1. The Morgan fingerprint density at radius 3 is 2.30 bits per heavy atom. The molecule has 0 aromatic rings. The summed E-state index contributed by atoms with van der Waals surface area (Å²) in [5, 5.41) is 10.6. The number of fused-ring (bicyclic) bond motifs is 5. The summed E-state index contributed by atoms with van der Waals surface area (Å²) >= 11 is 0. The van der Waals surface area contributed by atoms with Gasteiger partial charge in [-0.1, -0.05) is 6.92 Å². The molecule has 4 aliphatic carbocycles. The van der Waals surface area contributed by atoms with Gasteiger partial charge < -0.3 is 5.11 Å². The van der Waals surface area contributed by atoms with Crippen LogP contribution < -0.4 is 0 Å². The fraction of sp³-hybridized carbons (Fsp3) is 0.962. The van der Waals surface area contributed by atoms with Gasteiger partial charge in [-0.05, 0) is 99.7 Å². The molecule has 7 heteroatoms. The number of Topliss-reactive ketones (excluding diaryl/α,β-unsaturated/α-hetero) is 1. The Kier molecular flexibility index (Phi) is 6.28. The highest BCUT2D eigenvalue weighted by molar-refractivity contribution is 7.88. The van der Waals surface area contributed by atoms with Gasteiger partial charge in [-0.25, -0.2) is 8.42 Å². The average Bonchev–Trinajstić information content (AvgIpc) is 3.10. The maximum atomic E-state index is 13.5. The summed E-state index contributed by atoms with van der Waals surface area (Å²) in [4.78, 5) is 15.7. The largest absolute Gasteiger partial charge is 0.390 e. The van der Waals surface area contributed by atoms with Gasteiger partial charge in [0.1, 0.15) is 5.78 Å². The van der Waals surface area contributed by atoms with Crippen molar-refractivity contribution in [1.82, 2.24) is 9.21 Å². The molecule has 1 saturated heterocycles. The lowest BCUT2D eigenvalue weighted by Crippen LogP contribution is -2.52. The molecule has 0 aromatic heterocycles. The van der Waals surface area contributed by atoms with Gasteiger partial charge in [0.25, 0.3) is 0 Å². The van der Waals surface area contributed by atoms with E-state index in [4.69, 9.17) is 0 Å². The predicted molar refractivity (Wildman–Crippen MR) is 129 cm³/mol. The van der Waals surface area contributed by atoms with E-state index in [0.29, 0.717) is 50.3 Å². The van der Waals surface area contributed by atoms with Crippen molar-refractivity contribution in [3.63, 3.8) is 0 Å². The van der Waals surface area contributed by atoms with Crippen LogP contribution in [0.2, 0.25) is 0 Å². The van der Waals surface area contributed by atoms with Crippen molar-refractivity contribution >= 4 is 15.8 Å². The second-order valence-electron chi connectivity index (χ2n) is 12.8. The molecule has 33 heavy (non-hydrogen) atoms. The number of aliphatic hydroxyl groups is 1. The van der Waals surface area contributed by atoms with Crippen molar-refractivity contribution in [3.05, 3.63) is 0 Å². The quantitative estimate of drug-likeness (QED) is 0.669. The average molecular weight is 481 g/mol. The Balaban J connectivity index is 1.22. The van der Waals surface area contributed by atoms with Gasteiger partial charge in [0, 0.05) is 32.1 Å². The van der Waals surface area contributed by atoms with E-state index in [1.807, 2.05) is 6.92 Å². The van der Waals surface area contributed by atoms with E-state index in [9.17, 15) is 18.3 Å². The zero-order valence-electron chi connectivity index (χ0n) is 20.8. The predicted octanol–water partition coefficient (Wildman–Crippen LogP) is 3.15. The highest BCUT2D eigenvalue weighted by Crippen LogP contribution is 2.64. The molecule has 6 nitrogen and oxygen atoms in total. The van der Waals surface area contributed by atoms with Crippen LogP contribution in [0.4, 0.5) is 0 Å². The molecule has 0 amide bonds. The number of nitrogens with zero attached hydrogens (tertiary/aromatic N) is 2. The Labute approximate surface area is 200 Å². The third kappa shape index (κ3) is 4.45. The zero-order chi connectivity index (χ0) is 23.6. The molecule has 0 aromatic carbocycles. The first-order chi connectivity index (χ1) is 15.5. The lowest BCUT2D eigenvalue weighted by Gasteiger charge is -2.57. The monoisotopic (exact) mass is 480 g/mol. The lowest BCUT2D eigenvalue weighted by atomic mass is 9.49. The van der Waals surface area contributed by atoms with Crippen molar-refractivity contribution in [1.29, 1.82) is 0 Å². The number of carbonyl (C=O) groups is 1. The number of hydrogen-bond donors (Lipinski definition) is 1. The van der Waals surface area contributed by atoms with Crippen LogP contribution in [0.1, 0.15) is 71.6 Å². The number of piperazine rings is 1. The molecule has 0 unspecified atom stereocenters. The number of rotatable bonds is 4. The summed E-state index contributed by atoms with van der Waals surface area (Å²) in [7, 11) is -3.14. The first-order valence-electron chi connectivity index (χ1n) is 13.4. The Hall–Kier alpha value is -0.500. The molecule has 0 bridgehead atoms. The molecule has 0 spiro atoms. The minimum Gasteiger partial charge on any atom is -0.390 e. The molecule has 5 aliphatic rings. The zero-order valence-corrected chi connectivity index (χ0v) is 21.7. The Morgan fingerprint density at radius 1 is 0.909 bits per heavy atom. The molecule has 8 atom stereocenters. The van der Waals surface area contributed by atoms with Crippen LogP contribution in [0.3, 0.4) is 0 Å². The molecule has 1 N–H and O–H groups in total.